The fraction of sp³-hybridized carbons (Fsp3) is 0.500. The summed E-state index contributed by atoms with van der Waals surface area (Å²) < 4.78 is 18.9. The van der Waals surface area contributed by atoms with Gasteiger partial charge >= 0.3 is 0 Å². The van der Waals surface area contributed by atoms with E-state index in [1.165, 1.54) is 12.1 Å². The summed E-state index contributed by atoms with van der Waals surface area (Å²) >= 11 is 0. The highest BCUT2D eigenvalue weighted by Gasteiger charge is 2.39. The van der Waals surface area contributed by atoms with Crippen LogP contribution in [0.3, 0.4) is 0 Å². The van der Waals surface area contributed by atoms with Crippen molar-refractivity contribution in [3.8, 4) is 0 Å². The molecule has 1 aromatic carbocycles. The molecule has 3 rings (SSSR count). The molecule has 0 bridgehead atoms. The number of benzene rings is 1. The number of rotatable bonds is 1. The Kier molecular flexibility index (Phi) is 2.90. The summed E-state index contributed by atoms with van der Waals surface area (Å²) in [5, 5.41) is 11.5. The predicted octanol–water partition coefficient (Wildman–Crippen LogP) is 4.22. The molecular formula is C16H19FO2. The van der Waals surface area contributed by atoms with Crippen LogP contribution in [0.2, 0.25) is 0 Å². The van der Waals surface area contributed by atoms with Crippen LogP contribution in [0.5, 0.6) is 0 Å². The Morgan fingerprint density at radius 2 is 2.05 bits per heavy atom. The molecule has 0 aliphatic heterocycles. The Labute approximate surface area is 112 Å². The third-order valence-corrected chi connectivity index (χ3v) is 4.58. The number of fused-ring (bicyclic) bond motifs is 1. The molecule has 1 saturated carbocycles. The Morgan fingerprint density at radius 1 is 1.26 bits per heavy atom. The predicted molar refractivity (Wildman–Crippen MR) is 72.2 cm³/mol. The van der Waals surface area contributed by atoms with Gasteiger partial charge in [-0.1, -0.05) is 13.8 Å². The first-order chi connectivity index (χ1) is 8.98. The lowest BCUT2D eigenvalue weighted by atomic mass is 9.72. The van der Waals surface area contributed by atoms with E-state index in [4.69, 9.17) is 4.42 Å². The third kappa shape index (κ3) is 2.16. The van der Waals surface area contributed by atoms with Crippen molar-refractivity contribution in [3.05, 3.63) is 35.8 Å². The van der Waals surface area contributed by atoms with Crippen molar-refractivity contribution in [1.82, 2.24) is 0 Å². The second kappa shape index (κ2) is 4.34. The van der Waals surface area contributed by atoms with Crippen LogP contribution < -0.4 is 0 Å². The lowest BCUT2D eigenvalue weighted by molar-refractivity contribution is -0.0488. The van der Waals surface area contributed by atoms with E-state index in [0.29, 0.717) is 36.0 Å². The van der Waals surface area contributed by atoms with Gasteiger partial charge in [0.05, 0.1) is 0 Å². The van der Waals surface area contributed by atoms with Gasteiger partial charge in [-0.05, 0) is 55.4 Å². The maximum atomic E-state index is 13.2. The van der Waals surface area contributed by atoms with Gasteiger partial charge in [0.2, 0.25) is 0 Å². The van der Waals surface area contributed by atoms with Gasteiger partial charge in [0.1, 0.15) is 22.8 Å². The first-order valence-corrected chi connectivity index (χ1v) is 6.90. The molecule has 1 heterocycles. The standard InChI is InChI=1S/C16H19FO2/c1-10-5-6-16(18,9-11(10)2)15-8-12-7-13(17)3-4-14(12)19-15/h3-4,7-8,10-11,18H,5-6,9H2,1-2H3. The van der Waals surface area contributed by atoms with Crippen molar-refractivity contribution in [2.45, 2.75) is 38.7 Å². The van der Waals surface area contributed by atoms with Gasteiger partial charge in [-0.3, -0.25) is 0 Å². The molecule has 0 saturated heterocycles. The van der Waals surface area contributed by atoms with E-state index in [1.54, 1.807) is 12.1 Å². The largest absolute Gasteiger partial charge is 0.458 e. The Balaban J connectivity index is 1.99. The normalized spacial score (nSPS) is 31.8. The maximum Gasteiger partial charge on any atom is 0.136 e. The second-order valence-electron chi connectivity index (χ2n) is 6.02. The van der Waals surface area contributed by atoms with Crippen LogP contribution in [0, 0.1) is 17.7 Å². The van der Waals surface area contributed by atoms with Gasteiger partial charge in [0, 0.05) is 5.39 Å². The van der Waals surface area contributed by atoms with E-state index in [-0.39, 0.29) is 5.82 Å². The van der Waals surface area contributed by atoms with Crippen molar-refractivity contribution in [1.29, 1.82) is 0 Å². The zero-order valence-corrected chi connectivity index (χ0v) is 11.3. The Bertz CT molecular complexity index is 604. The number of furan rings is 1. The molecule has 0 spiro atoms. The summed E-state index contributed by atoms with van der Waals surface area (Å²) in [5.74, 6) is 1.38. The maximum absolute atomic E-state index is 13.2. The van der Waals surface area contributed by atoms with Gasteiger partial charge in [-0.2, -0.15) is 0 Å². The van der Waals surface area contributed by atoms with Crippen LogP contribution >= 0.6 is 0 Å². The molecule has 19 heavy (non-hydrogen) atoms. The summed E-state index contributed by atoms with van der Waals surface area (Å²) in [6.45, 7) is 4.38. The van der Waals surface area contributed by atoms with Crippen molar-refractivity contribution in [3.63, 3.8) is 0 Å². The van der Waals surface area contributed by atoms with E-state index in [9.17, 15) is 9.50 Å². The molecule has 1 N–H and O–H groups in total. The highest BCUT2D eigenvalue weighted by Crippen LogP contribution is 2.43. The minimum atomic E-state index is -0.901. The molecule has 1 aliphatic rings. The molecule has 2 aromatic rings. The first-order valence-electron chi connectivity index (χ1n) is 6.90. The van der Waals surface area contributed by atoms with E-state index in [0.717, 1.165) is 11.8 Å². The summed E-state index contributed by atoms with van der Waals surface area (Å²) in [6.07, 6.45) is 2.40. The van der Waals surface area contributed by atoms with E-state index in [1.807, 2.05) is 0 Å². The molecule has 3 atom stereocenters. The molecular weight excluding hydrogens is 243 g/mol. The Morgan fingerprint density at radius 3 is 2.79 bits per heavy atom. The smallest absolute Gasteiger partial charge is 0.136 e. The van der Waals surface area contributed by atoms with Gasteiger partial charge in [-0.25, -0.2) is 4.39 Å². The van der Waals surface area contributed by atoms with Crippen molar-refractivity contribution >= 4 is 11.0 Å². The Hall–Kier alpha value is -1.35. The molecule has 102 valence electrons. The van der Waals surface area contributed by atoms with E-state index < -0.39 is 5.60 Å². The van der Waals surface area contributed by atoms with Gasteiger partial charge in [-0.15, -0.1) is 0 Å². The molecule has 3 unspecified atom stereocenters. The molecule has 1 fully saturated rings. The lowest BCUT2D eigenvalue weighted by Gasteiger charge is -2.37. The van der Waals surface area contributed by atoms with Crippen LogP contribution in [-0.2, 0) is 5.60 Å². The van der Waals surface area contributed by atoms with Crippen LogP contribution in [0.4, 0.5) is 4.39 Å². The summed E-state index contributed by atoms with van der Waals surface area (Å²) in [4.78, 5) is 0. The molecule has 1 aliphatic carbocycles. The molecule has 0 radical (unpaired) electrons. The van der Waals surface area contributed by atoms with Crippen molar-refractivity contribution < 1.29 is 13.9 Å². The average Bonchev–Trinajstić information content (AvgIpc) is 2.78. The quantitative estimate of drug-likeness (QED) is 0.835. The fourth-order valence-corrected chi connectivity index (χ4v) is 3.05. The van der Waals surface area contributed by atoms with Crippen molar-refractivity contribution in [2.75, 3.05) is 0 Å². The van der Waals surface area contributed by atoms with Gasteiger partial charge in [0.15, 0.2) is 0 Å². The fourth-order valence-electron chi connectivity index (χ4n) is 3.05. The minimum Gasteiger partial charge on any atom is -0.458 e. The van der Waals surface area contributed by atoms with Crippen molar-refractivity contribution in [2.24, 2.45) is 11.8 Å². The molecule has 2 nitrogen and oxygen atoms in total. The first kappa shape index (κ1) is 12.7. The monoisotopic (exact) mass is 262 g/mol. The topological polar surface area (TPSA) is 33.4 Å². The van der Waals surface area contributed by atoms with Crippen LogP contribution in [0.1, 0.15) is 38.9 Å². The second-order valence-corrected chi connectivity index (χ2v) is 6.02. The molecule has 3 heteroatoms. The highest BCUT2D eigenvalue weighted by molar-refractivity contribution is 5.78. The zero-order chi connectivity index (χ0) is 13.6. The van der Waals surface area contributed by atoms with Gasteiger partial charge < -0.3 is 9.52 Å². The average molecular weight is 262 g/mol. The van der Waals surface area contributed by atoms with Gasteiger partial charge in [0.25, 0.3) is 0 Å². The summed E-state index contributed by atoms with van der Waals surface area (Å²) in [7, 11) is 0. The number of hydrogen-bond donors (Lipinski definition) is 1. The van der Waals surface area contributed by atoms with E-state index >= 15 is 0 Å². The van der Waals surface area contributed by atoms with Crippen LogP contribution in [-0.4, -0.2) is 5.11 Å². The highest BCUT2D eigenvalue weighted by atomic mass is 19.1. The molecule has 1 aromatic heterocycles. The number of halogens is 1. The van der Waals surface area contributed by atoms with Crippen LogP contribution in [0.25, 0.3) is 11.0 Å². The zero-order valence-electron chi connectivity index (χ0n) is 11.3. The van der Waals surface area contributed by atoms with Crippen LogP contribution in [0.15, 0.2) is 28.7 Å². The minimum absolute atomic E-state index is 0.280. The summed E-state index contributed by atoms with van der Waals surface area (Å²) in [6, 6.07) is 6.22. The SMILES string of the molecule is CC1CCC(O)(c2cc3cc(F)ccc3o2)CC1C. The summed E-state index contributed by atoms with van der Waals surface area (Å²) in [5.41, 5.74) is -0.266. The molecule has 0 amide bonds. The third-order valence-electron chi connectivity index (χ3n) is 4.58. The number of aliphatic hydroxyl groups is 1. The van der Waals surface area contributed by atoms with E-state index in [2.05, 4.69) is 13.8 Å². The lowest BCUT2D eigenvalue weighted by Crippen LogP contribution is -2.34. The number of hydrogen-bond acceptors (Lipinski definition) is 2.